The maximum atomic E-state index is 13.2. The molecule has 0 aliphatic heterocycles. The highest BCUT2D eigenvalue weighted by atomic mass is 32.2. The quantitative estimate of drug-likeness (QED) is 0.597. The average Bonchev–Trinajstić information content (AvgIpc) is 2.77. The smallest absolute Gasteiger partial charge is 0.264 e. The maximum absolute atomic E-state index is 13.2. The molecule has 0 aliphatic carbocycles. The lowest BCUT2D eigenvalue weighted by Crippen LogP contribution is -2.40. The Labute approximate surface area is 175 Å². The molecule has 1 N–H and O–H groups in total. The lowest BCUT2D eigenvalue weighted by Gasteiger charge is -2.24. The number of carbonyl (C=O) groups is 1. The number of sulfonamides is 1. The zero-order chi connectivity index (χ0) is 21.6. The van der Waals surface area contributed by atoms with E-state index in [9.17, 15) is 17.6 Å². The highest BCUT2D eigenvalue weighted by Gasteiger charge is 2.27. The number of nitrogens with one attached hydrogen (secondary N) is 1. The molecule has 0 aromatic heterocycles. The number of halogens is 1. The predicted molar refractivity (Wildman–Crippen MR) is 112 cm³/mol. The van der Waals surface area contributed by atoms with E-state index >= 15 is 0 Å². The number of benzene rings is 3. The zero-order valence-electron chi connectivity index (χ0n) is 16.3. The first-order valence-electron chi connectivity index (χ1n) is 9.13. The summed E-state index contributed by atoms with van der Waals surface area (Å²) in [5, 5.41) is 2.72. The van der Waals surface area contributed by atoms with Gasteiger partial charge >= 0.3 is 0 Å². The Morgan fingerprint density at radius 1 is 0.967 bits per heavy atom. The molecule has 0 aliphatic rings. The topological polar surface area (TPSA) is 75.7 Å². The second-order valence-corrected chi connectivity index (χ2v) is 8.29. The summed E-state index contributed by atoms with van der Waals surface area (Å²) in [4.78, 5) is 12.5. The van der Waals surface area contributed by atoms with E-state index in [1.165, 1.54) is 12.1 Å². The zero-order valence-corrected chi connectivity index (χ0v) is 17.1. The summed E-state index contributed by atoms with van der Waals surface area (Å²) in [5.41, 5.74) is 1.18. The van der Waals surface area contributed by atoms with Crippen LogP contribution < -0.4 is 14.4 Å². The number of nitrogens with zero attached hydrogens (tertiary/aromatic N) is 1. The number of rotatable bonds is 8. The first kappa shape index (κ1) is 21.3. The number of carbonyl (C=O) groups excluding carboxylic acids is 1. The second kappa shape index (κ2) is 9.41. The molecule has 0 heterocycles. The van der Waals surface area contributed by atoms with Crippen molar-refractivity contribution in [2.24, 2.45) is 0 Å². The van der Waals surface area contributed by atoms with Crippen LogP contribution in [0.3, 0.4) is 0 Å². The maximum Gasteiger partial charge on any atom is 0.264 e. The predicted octanol–water partition coefficient (Wildman–Crippen LogP) is 3.35. The molecule has 0 radical (unpaired) electrons. The number of hydrogen-bond donors (Lipinski definition) is 1. The van der Waals surface area contributed by atoms with Crippen LogP contribution in [0.1, 0.15) is 5.56 Å². The van der Waals surface area contributed by atoms with Crippen molar-refractivity contribution >= 4 is 21.6 Å². The van der Waals surface area contributed by atoms with Gasteiger partial charge in [-0.05, 0) is 54.1 Å². The largest absolute Gasteiger partial charge is 0.497 e. The Balaban J connectivity index is 1.79. The Hall–Kier alpha value is -3.39. The average molecular weight is 428 g/mol. The molecule has 8 heteroatoms. The lowest BCUT2D eigenvalue weighted by molar-refractivity contribution is -0.119. The highest BCUT2D eigenvalue weighted by Crippen LogP contribution is 2.23. The number of hydrogen-bond acceptors (Lipinski definition) is 4. The molecule has 30 heavy (non-hydrogen) atoms. The first-order chi connectivity index (χ1) is 14.4. The fourth-order valence-electron chi connectivity index (χ4n) is 2.77. The third kappa shape index (κ3) is 5.15. The van der Waals surface area contributed by atoms with Gasteiger partial charge in [0.25, 0.3) is 10.0 Å². The van der Waals surface area contributed by atoms with Crippen molar-refractivity contribution in [2.75, 3.05) is 18.0 Å². The van der Waals surface area contributed by atoms with Crippen molar-refractivity contribution in [3.63, 3.8) is 0 Å². The molecule has 3 aromatic rings. The summed E-state index contributed by atoms with van der Waals surface area (Å²) in [6, 6.07) is 20.0. The molecule has 156 valence electrons. The van der Waals surface area contributed by atoms with Gasteiger partial charge in [-0.3, -0.25) is 9.10 Å². The highest BCUT2D eigenvalue weighted by molar-refractivity contribution is 7.92. The van der Waals surface area contributed by atoms with Crippen LogP contribution in [0.25, 0.3) is 0 Å². The van der Waals surface area contributed by atoms with Crippen LogP contribution in [0, 0.1) is 5.82 Å². The van der Waals surface area contributed by atoms with Gasteiger partial charge < -0.3 is 10.1 Å². The van der Waals surface area contributed by atoms with Crippen molar-refractivity contribution in [3.8, 4) is 5.75 Å². The van der Waals surface area contributed by atoms with E-state index in [2.05, 4.69) is 5.32 Å². The SMILES string of the molecule is COc1ccc(CNC(=O)CN(c2ccccc2)S(=O)(=O)c2ccc(F)cc2)cc1. The summed E-state index contributed by atoms with van der Waals surface area (Å²) in [6.07, 6.45) is 0. The van der Waals surface area contributed by atoms with Crippen LogP contribution in [0.5, 0.6) is 5.75 Å². The molecule has 0 saturated carbocycles. The number of para-hydroxylation sites is 1. The second-order valence-electron chi connectivity index (χ2n) is 6.43. The normalized spacial score (nSPS) is 11.0. The summed E-state index contributed by atoms with van der Waals surface area (Å²) in [7, 11) is -2.50. The number of ether oxygens (including phenoxy) is 1. The number of amides is 1. The van der Waals surface area contributed by atoms with Crippen molar-refractivity contribution in [1.29, 1.82) is 0 Å². The van der Waals surface area contributed by atoms with Crippen molar-refractivity contribution in [2.45, 2.75) is 11.4 Å². The number of methoxy groups -OCH3 is 1. The minimum Gasteiger partial charge on any atom is -0.497 e. The molecule has 0 unspecified atom stereocenters. The number of anilines is 1. The van der Waals surface area contributed by atoms with Crippen LogP contribution in [-0.4, -0.2) is 28.0 Å². The van der Waals surface area contributed by atoms with Gasteiger partial charge in [-0.2, -0.15) is 0 Å². The van der Waals surface area contributed by atoms with E-state index in [0.717, 1.165) is 22.0 Å². The monoisotopic (exact) mass is 428 g/mol. The van der Waals surface area contributed by atoms with Crippen LogP contribution in [-0.2, 0) is 21.4 Å². The summed E-state index contributed by atoms with van der Waals surface area (Å²) in [6.45, 7) is -0.179. The molecule has 0 saturated heterocycles. The molecule has 6 nitrogen and oxygen atoms in total. The Morgan fingerprint density at radius 3 is 2.20 bits per heavy atom. The molecule has 0 atom stereocenters. The van der Waals surface area contributed by atoms with Gasteiger partial charge in [0.05, 0.1) is 17.7 Å². The summed E-state index contributed by atoms with van der Waals surface area (Å²) < 4.78 is 45.6. The van der Waals surface area contributed by atoms with Crippen LogP contribution >= 0.6 is 0 Å². The lowest BCUT2D eigenvalue weighted by atomic mass is 10.2. The van der Waals surface area contributed by atoms with Crippen LogP contribution in [0.2, 0.25) is 0 Å². The Kier molecular flexibility index (Phi) is 6.68. The Bertz CT molecular complexity index is 1090. The van der Waals surface area contributed by atoms with Crippen LogP contribution in [0.4, 0.5) is 10.1 Å². The molecule has 0 fully saturated rings. The van der Waals surface area contributed by atoms with Crippen molar-refractivity contribution < 1.29 is 22.3 Å². The molecule has 0 bridgehead atoms. The van der Waals surface area contributed by atoms with Crippen molar-refractivity contribution in [1.82, 2.24) is 5.32 Å². The van der Waals surface area contributed by atoms with Gasteiger partial charge in [0.1, 0.15) is 18.1 Å². The molecule has 3 aromatic carbocycles. The van der Waals surface area contributed by atoms with Crippen molar-refractivity contribution in [3.05, 3.63) is 90.2 Å². The molecule has 1 amide bonds. The van der Waals surface area contributed by atoms with Gasteiger partial charge in [-0.1, -0.05) is 30.3 Å². The third-order valence-electron chi connectivity index (χ3n) is 4.38. The summed E-state index contributed by atoms with van der Waals surface area (Å²) in [5.74, 6) is -0.316. The standard InChI is InChI=1S/C22H21FN2O4S/c1-29-20-11-7-17(8-12-20)15-24-22(26)16-25(19-5-3-2-4-6-19)30(27,28)21-13-9-18(23)10-14-21/h2-14H,15-16H2,1H3,(H,24,26). The summed E-state index contributed by atoms with van der Waals surface area (Å²) >= 11 is 0. The third-order valence-corrected chi connectivity index (χ3v) is 6.17. The Morgan fingerprint density at radius 2 is 1.60 bits per heavy atom. The van der Waals surface area contributed by atoms with E-state index in [1.54, 1.807) is 49.6 Å². The first-order valence-corrected chi connectivity index (χ1v) is 10.6. The van der Waals surface area contributed by atoms with Gasteiger partial charge in [0.15, 0.2) is 0 Å². The molecular weight excluding hydrogens is 407 g/mol. The van der Waals surface area contributed by atoms with Gasteiger partial charge in [-0.25, -0.2) is 12.8 Å². The van der Waals surface area contributed by atoms with E-state index in [4.69, 9.17) is 4.74 Å². The van der Waals surface area contributed by atoms with Gasteiger partial charge in [-0.15, -0.1) is 0 Å². The van der Waals surface area contributed by atoms with E-state index in [0.29, 0.717) is 11.4 Å². The molecule has 0 spiro atoms. The van der Waals surface area contributed by atoms with E-state index in [1.807, 2.05) is 12.1 Å². The van der Waals surface area contributed by atoms with E-state index < -0.39 is 28.3 Å². The van der Waals surface area contributed by atoms with Crippen LogP contribution in [0.15, 0.2) is 83.8 Å². The van der Waals surface area contributed by atoms with E-state index in [-0.39, 0.29) is 11.4 Å². The fraction of sp³-hybridized carbons (Fsp3) is 0.136. The fourth-order valence-corrected chi connectivity index (χ4v) is 4.19. The van der Waals surface area contributed by atoms with Gasteiger partial charge in [0, 0.05) is 6.54 Å². The minimum absolute atomic E-state index is 0.101. The minimum atomic E-state index is -4.07. The van der Waals surface area contributed by atoms with Gasteiger partial charge in [0.2, 0.25) is 5.91 Å². The molecular formula is C22H21FN2O4S. The molecule has 3 rings (SSSR count).